The fourth-order valence-corrected chi connectivity index (χ4v) is 1.84. The molecule has 0 saturated heterocycles. The van der Waals surface area contributed by atoms with E-state index < -0.39 is 0 Å². The molecule has 0 fully saturated rings. The molecule has 0 aliphatic rings. The molecule has 3 heteroatoms. The highest BCUT2D eigenvalue weighted by Gasteiger charge is 2.04. The number of ether oxygens (including phenoxy) is 1. The SMILES string of the molecule is CCOC(=O)CCCc1ccc(C)cc1Cl. The maximum absolute atomic E-state index is 11.1. The van der Waals surface area contributed by atoms with Crippen molar-refractivity contribution in [1.82, 2.24) is 0 Å². The molecule has 0 radical (unpaired) electrons. The number of benzene rings is 1. The number of halogens is 1. The van der Waals surface area contributed by atoms with Crippen molar-refractivity contribution in [2.45, 2.75) is 33.1 Å². The summed E-state index contributed by atoms with van der Waals surface area (Å²) in [4.78, 5) is 11.1. The van der Waals surface area contributed by atoms with Crippen molar-refractivity contribution < 1.29 is 9.53 Å². The van der Waals surface area contributed by atoms with Gasteiger partial charge in [0, 0.05) is 11.4 Å². The lowest BCUT2D eigenvalue weighted by atomic mass is 10.1. The molecule has 0 atom stereocenters. The Kier molecular flexibility index (Phi) is 5.33. The molecule has 88 valence electrons. The van der Waals surface area contributed by atoms with Crippen LogP contribution in [-0.2, 0) is 16.0 Å². The van der Waals surface area contributed by atoms with E-state index in [1.54, 1.807) is 0 Å². The van der Waals surface area contributed by atoms with Gasteiger partial charge in [0.2, 0.25) is 0 Å². The standard InChI is InChI=1S/C13H17ClO2/c1-3-16-13(15)6-4-5-11-8-7-10(2)9-12(11)14/h7-9H,3-6H2,1-2H3. The molecule has 2 nitrogen and oxygen atoms in total. The average molecular weight is 241 g/mol. The van der Waals surface area contributed by atoms with Gasteiger partial charge in [-0.3, -0.25) is 4.79 Å². The third-order valence-corrected chi connectivity index (χ3v) is 2.69. The lowest BCUT2D eigenvalue weighted by molar-refractivity contribution is -0.143. The Morgan fingerprint density at radius 3 is 2.81 bits per heavy atom. The summed E-state index contributed by atoms with van der Waals surface area (Å²) in [5, 5.41) is 0.781. The normalized spacial score (nSPS) is 10.2. The van der Waals surface area contributed by atoms with Crippen molar-refractivity contribution in [3.05, 3.63) is 34.3 Å². The first-order valence-electron chi connectivity index (χ1n) is 5.54. The molecule has 0 N–H and O–H groups in total. The minimum absolute atomic E-state index is 0.134. The molecule has 0 aromatic heterocycles. The van der Waals surface area contributed by atoms with Gasteiger partial charge in [0.25, 0.3) is 0 Å². The summed E-state index contributed by atoms with van der Waals surface area (Å²) in [5.74, 6) is -0.134. The Morgan fingerprint density at radius 2 is 2.19 bits per heavy atom. The van der Waals surface area contributed by atoms with Gasteiger partial charge in [-0.1, -0.05) is 23.7 Å². The zero-order chi connectivity index (χ0) is 12.0. The van der Waals surface area contributed by atoms with Gasteiger partial charge >= 0.3 is 5.97 Å². The molecule has 1 aromatic carbocycles. The Balaban J connectivity index is 2.40. The van der Waals surface area contributed by atoms with Crippen LogP contribution < -0.4 is 0 Å². The maximum atomic E-state index is 11.1. The van der Waals surface area contributed by atoms with Crippen LogP contribution in [0.1, 0.15) is 30.9 Å². The van der Waals surface area contributed by atoms with Gasteiger partial charge in [0.1, 0.15) is 0 Å². The van der Waals surface area contributed by atoms with Crippen LogP contribution in [0.4, 0.5) is 0 Å². The molecule has 0 saturated carbocycles. The zero-order valence-corrected chi connectivity index (χ0v) is 10.5. The van der Waals surface area contributed by atoms with Crippen LogP contribution in [0.25, 0.3) is 0 Å². The van der Waals surface area contributed by atoms with E-state index in [9.17, 15) is 4.79 Å². The number of rotatable bonds is 5. The first kappa shape index (κ1) is 13.0. The Bertz CT molecular complexity index is 361. The summed E-state index contributed by atoms with van der Waals surface area (Å²) in [6, 6.07) is 6.00. The molecule has 0 amide bonds. The largest absolute Gasteiger partial charge is 0.466 e. The van der Waals surface area contributed by atoms with Gasteiger partial charge in [-0.25, -0.2) is 0 Å². The first-order chi connectivity index (χ1) is 7.63. The van der Waals surface area contributed by atoms with Crippen LogP contribution in [0.3, 0.4) is 0 Å². The predicted molar refractivity (Wildman–Crippen MR) is 65.8 cm³/mol. The van der Waals surface area contributed by atoms with Crippen molar-refractivity contribution in [1.29, 1.82) is 0 Å². The van der Waals surface area contributed by atoms with Crippen LogP contribution in [0.5, 0.6) is 0 Å². The third-order valence-electron chi connectivity index (χ3n) is 2.34. The van der Waals surface area contributed by atoms with E-state index in [1.165, 1.54) is 0 Å². The summed E-state index contributed by atoms with van der Waals surface area (Å²) in [7, 11) is 0. The van der Waals surface area contributed by atoms with Gasteiger partial charge < -0.3 is 4.74 Å². The van der Waals surface area contributed by atoms with E-state index in [-0.39, 0.29) is 5.97 Å². The molecule has 0 aliphatic heterocycles. The second kappa shape index (κ2) is 6.54. The number of carbonyl (C=O) groups excluding carboxylic acids is 1. The van der Waals surface area contributed by atoms with E-state index in [1.807, 2.05) is 32.0 Å². The molecule has 0 heterocycles. The smallest absolute Gasteiger partial charge is 0.305 e. The van der Waals surface area contributed by atoms with Gasteiger partial charge in [0.05, 0.1) is 6.61 Å². The predicted octanol–water partition coefficient (Wildman–Crippen LogP) is 3.53. The summed E-state index contributed by atoms with van der Waals surface area (Å²) in [6.07, 6.45) is 2.05. The monoisotopic (exact) mass is 240 g/mol. The van der Waals surface area contributed by atoms with Gasteiger partial charge in [0.15, 0.2) is 0 Å². The topological polar surface area (TPSA) is 26.3 Å². The number of aryl methyl sites for hydroxylation is 2. The fourth-order valence-electron chi connectivity index (χ4n) is 1.51. The molecular formula is C13H17ClO2. The Labute approximate surface area is 102 Å². The van der Waals surface area contributed by atoms with Crippen LogP contribution in [0.2, 0.25) is 5.02 Å². The van der Waals surface area contributed by atoms with E-state index in [0.717, 1.165) is 29.0 Å². The minimum Gasteiger partial charge on any atom is -0.466 e. The quantitative estimate of drug-likeness (QED) is 0.736. The molecule has 16 heavy (non-hydrogen) atoms. The van der Waals surface area contributed by atoms with Crippen molar-refractivity contribution in [3.63, 3.8) is 0 Å². The van der Waals surface area contributed by atoms with Gasteiger partial charge in [-0.05, 0) is 43.9 Å². The van der Waals surface area contributed by atoms with E-state index in [2.05, 4.69) is 0 Å². The van der Waals surface area contributed by atoms with E-state index >= 15 is 0 Å². The number of carbonyl (C=O) groups is 1. The molecule has 0 bridgehead atoms. The second-order valence-electron chi connectivity index (χ2n) is 3.75. The van der Waals surface area contributed by atoms with Gasteiger partial charge in [-0.2, -0.15) is 0 Å². The van der Waals surface area contributed by atoms with Crippen molar-refractivity contribution in [2.75, 3.05) is 6.61 Å². The third kappa shape index (κ3) is 4.23. The second-order valence-corrected chi connectivity index (χ2v) is 4.16. The minimum atomic E-state index is -0.134. The Morgan fingerprint density at radius 1 is 1.44 bits per heavy atom. The van der Waals surface area contributed by atoms with Crippen LogP contribution >= 0.6 is 11.6 Å². The fraction of sp³-hybridized carbons (Fsp3) is 0.462. The van der Waals surface area contributed by atoms with Crippen LogP contribution in [0.15, 0.2) is 18.2 Å². The average Bonchev–Trinajstić information content (AvgIpc) is 2.22. The van der Waals surface area contributed by atoms with E-state index in [4.69, 9.17) is 16.3 Å². The number of esters is 1. The van der Waals surface area contributed by atoms with Crippen molar-refractivity contribution in [2.24, 2.45) is 0 Å². The highest BCUT2D eigenvalue weighted by Crippen LogP contribution is 2.19. The summed E-state index contributed by atoms with van der Waals surface area (Å²) >= 11 is 6.09. The Hall–Kier alpha value is -1.02. The lowest BCUT2D eigenvalue weighted by Gasteiger charge is -2.05. The molecule has 1 aromatic rings. The molecule has 0 spiro atoms. The molecule has 1 rings (SSSR count). The highest BCUT2D eigenvalue weighted by molar-refractivity contribution is 6.31. The van der Waals surface area contributed by atoms with Crippen LogP contribution in [0, 0.1) is 6.92 Å². The van der Waals surface area contributed by atoms with Crippen LogP contribution in [-0.4, -0.2) is 12.6 Å². The van der Waals surface area contributed by atoms with Crippen molar-refractivity contribution >= 4 is 17.6 Å². The highest BCUT2D eigenvalue weighted by atomic mass is 35.5. The zero-order valence-electron chi connectivity index (χ0n) is 9.75. The molecule has 0 unspecified atom stereocenters. The van der Waals surface area contributed by atoms with E-state index in [0.29, 0.717) is 13.0 Å². The van der Waals surface area contributed by atoms with Gasteiger partial charge in [-0.15, -0.1) is 0 Å². The summed E-state index contributed by atoms with van der Waals surface area (Å²) in [6.45, 7) is 4.27. The first-order valence-corrected chi connectivity index (χ1v) is 5.92. The number of hydrogen-bond donors (Lipinski definition) is 0. The summed E-state index contributed by atoms with van der Waals surface area (Å²) in [5.41, 5.74) is 2.25. The summed E-state index contributed by atoms with van der Waals surface area (Å²) < 4.78 is 4.86. The lowest BCUT2D eigenvalue weighted by Crippen LogP contribution is -2.04. The van der Waals surface area contributed by atoms with Crippen molar-refractivity contribution in [3.8, 4) is 0 Å². The maximum Gasteiger partial charge on any atom is 0.305 e. The molecular weight excluding hydrogens is 224 g/mol. The molecule has 0 aliphatic carbocycles. The number of hydrogen-bond acceptors (Lipinski definition) is 2.